The zero-order chi connectivity index (χ0) is 13.0. The second-order valence-corrected chi connectivity index (χ2v) is 4.53. The summed E-state index contributed by atoms with van der Waals surface area (Å²) in [6.45, 7) is 2.89. The van der Waals surface area contributed by atoms with Crippen molar-refractivity contribution in [1.29, 1.82) is 0 Å². The number of aromatic nitrogens is 3. The number of hydrogen-bond acceptors (Lipinski definition) is 4. The summed E-state index contributed by atoms with van der Waals surface area (Å²) in [7, 11) is 0. The summed E-state index contributed by atoms with van der Waals surface area (Å²) in [5, 5.41) is 3.35. The fourth-order valence-corrected chi connectivity index (χ4v) is 1.92. The normalized spacial score (nSPS) is 12.1. The molecule has 3 N–H and O–H groups in total. The number of nitrogens with one attached hydrogen (secondary N) is 1. The number of thiocarbonyl (C=S) groups is 1. The molecule has 1 atom stereocenters. The van der Waals surface area contributed by atoms with Crippen LogP contribution in [0.15, 0.2) is 37.2 Å². The molecule has 2 rings (SSSR count). The van der Waals surface area contributed by atoms with Gasteiger partial charge in [0.15, 0.2) is 0 Å². The molecule has 0 saturated heterocycles. The van der Waals surface area contributed by atoms with Gasteiger partial charge in [-0.05, 0) is 13.0 Å². The van der Waals surface area contributed by atoms with Gasteiger partial charge in [-0.25, -0.2) is 4.98 Å². The zero-order valence-corrected chi connectivity index (χ0v) is 10.9. The van der Waals surface area contributed by atoms with E-state index in [1.807, 2.05) is 16.8 Å². The van der Waals surface area contributed by atoms with Crippen LogP contribution in [-0.2, 0) is 6.54 Å². The molecule has 0 aliphatic rings. The topological polar surface area (TPSA) is 68.8 Å². The fourth-order valence-electron chi connectivity index (χ4n) is 1.75. The minimum Gasteiger partial charge on any atom is -0.389 e. The summed E-state index contributed by atoms with van der Waals surface area (Å²) >= 11 is 5.01. The van der Waals surface area contributed by atoms with Crippen molar-refractivity contribution >= 4 is 22.9 Å². The number of anilines is 1. The molecule has 2 aromatic heterocycles. The minimum atomic E-state index is 0.219. The highest BCUT2D eigenvalue weighted by Gasteiger charge is 2.08. The van der Waals surface area contributed by atoms with Gasteiger partial charge in [0.1, 0.15) is 4.99 Å². The van der Waals surface area contributed by atoms with Crippen LogP contribution in [-0.4, -0.2) is 25.6 Å². The molecular formula is C12H15N5S. The molecule has 6 heteroatoms. The lowest BCUT2D eigenvalue weighted by Crippen LogP contribution is -2.23. The van der Waals surface area contributed by atoms with E-state index in [1.54, 1.807) is 24.9 Å². The predicted octanol–water partition coefficient (Wildman–Crippen LogP) is 1.41. The van der Waals surface area contributed by atoms with E-state index in [4.69, 9.17) is 18.0 Å². The summed E-state index contributed by atoms with van der Waals surface area (Å²) < 4.78 is 2.01. The Hall–Kier alpha value is -1.95. The van der Waals surface area contributed by atoms with Crippen molar-refractivity contribution < 1.29 is 0 Å². The largest absolute Gasteiger partial charge is 0.389 e. The molecule has 0 spiro atoms. The first-order chi connectivity index (χ1) is 8.66. The van der Waals surface area contributed by atoms with E-state index in [0.717, 1.165) is 17.8 Å². The van der Waals surface area contributed by atoms with Crippen molar-refractivity contribution in [3.05, 3.63) is 42.7 Å². The van der Waals surface area contributed by atoms with Gasteiger partial charge in [-0.3, -0.25) is 4.98 Å². The van der Waals surface area contributed by atoms with Crippen LogP contribution in [0, 0.1) is 0 Å². The molecule has 0 aromatic carbocycles. The van der Waals surface area contributed by atoms with Gasteiger partial charge in [-0.1, -0.05) is 12.2 Å². The van der Waals surface area contributed by atoms with E-state index in [1.165, 1.54) is 0 Å². The van der Waals surface area contributed by atoms with Gasteiger partial charge in [0.2, 0.25) is 0 Å². The van der Waals surface area contributed by atoms with Crippen molar-refractivity contribution in [2.24, 2.45) is 5.73 Å². The molecule has 18 heavy (non-hydrogen) atoms. The van der Waals surface area contributed by atoms with Crippen LogP contribution >= 0.6 is 12.2 Å². The maximum absolute atomic E-state index is 5.67. The second-order valence-electron chi connectivity index (χ2n) is 4.09. The Morgan fingerprint density at radius 3 is 3.00 bits per heavy atom. The third kappa shape index (κ3) is 3.04. The van der Waals surface area contributed by atoms with E-state index in [9.17, 15) is 0 Å². The predicted molar refractivity (Wildman–Crippen MR) is 75.4 cm³/mol. The lowest BCUT2D eigenvalue weighted by Gasteiger charge is -2.17. The summed E-state index contributed by atoms with van der Waals surface area (Å²) in [6, 6.07) is 2.03. The van der Waals surface area contributed by atoms with Crippen LogP contribution in [0.1, 0.15) is 12.5 Å². The summed E-state index contributed by atoms with van der Waals surface area (Å²) in [4.78, 5) is 8.46. The average molecular weight is 261 g/mol. The molecule has 0 bridgehead atoms. The van der Waals surface area contributed by atoms with Gasteiger partial charge in [-0.15, -0.1) is 0 Å². The molecule has 94 valence electrons. The van der Waals surface area contributed by atoms with Crippen LogP contribution in [0.3, 0.4) is 0 Å². The van der Waals surface area contributed by atoms with E-state index in [2.05, 4.69) is 22.2 Å². The van der Waals surface area contributed by atoms with Crippen molar-refractivity contribution in [3.8, 4) is 0 Å². The second kappa shape index (κ2) is 5.59. The van der Waals surface area contributed by atoms with E-state index >= 15 is 0 Å². The summed E-state index contributed by atoms with van der Waals surface area (Å²) in [5.41, 5.74) is 7.35. The van der Waals surface area contributed by atoms with Gasteiger partial charge >= 0.3 is 0 Å². The van der Waals surface area contributed by atoms with Gasteiger partial charge in [0, 0.05) is 36.7 Å². The highest BCUT2D eigenvalue weighted by molar-refractivity contribution is 7.80. The molecule has 2 aromatic rings. The van der Waals surface area contributed by atoms with Crippen LogP contribution in [0.5, 0.6) is 0 Å². The number of imidazole rings is 1. The van der Waals surface area contributed by atoms with Crippen LogP contribution in [0.2, 0.25) is 0 Å². The Kier molecular flexibility index (Phi) is 3.88. The first-order valence-corrected chi connectivity index (χ1v) is 6.03. The Morgan fingerprint density at radius 1 is 1.50 bits per heavy atom. The molecule has 0 aliphatic heterocycles. The summed E-state index contributed by atoms with van der Waals surface area (Å²) in [5.74, 6) is 0. The van der Waals surface area contributed by atoms with Gasteiger partial charge in [-0.2, -0.15) is 0 Å². The van der Waals surface area contributed by atoms with E-state index in [-0.39, 0.29) is 6.04 Å². The first kappa shape index (κ1) is 12.5. The van der Waals surface area contributed by atoms with Crippen LogP contribution < -0.4 is 11.1 Å². The standard InChI is InChI=1S/C12H15N5S/c1-9(7-17-5-4-15-8-17)16-11-6-14-3-2-10(11)12(13)18/h2-6,8-9,16H,7H2,1H3,(H2,13,18). The lowest BCUT2D eigenvalue weighted by atomic mass is 10.2. The first-order valence-electron chi connectivity index (χ1n) is 5.63. The third-order valence-electron chi connectivity index (χ3n) is 2.53. The fraction of sp³-hybridized carbons (Fsp3) is 0.250. The molecule has 0 saturated carbocycles. The maximum atomic E-state index is 5.67. The molecule has 2 heterocycles. The Labute approximate surface area is 111 Å². The van der Waals surface area contributed by atoms with E-state index < -0.39 is 0 Å². The van der Waals surface area contributed by atoms with Gasteiger partial charge in [0.05, 0.1) is 18.2 Å². The highest BCUT2D eigenvalue weighted by Crippen LogP contribution is 2.14. The Bertz CT molecular complexity index is 523. The number of nitrogens with zero attached hydrogens (tertiary/aromatic N) is 3. The van der Waals surface area contributed by atoms with Gasteiger partial charge in [0.25, 0.3) is 0 Å². The maximum Gasteiger partial charge on any atom is 0.106 e. The molecule has 0 fully saturated rings. The number of hydrogen-bond donors (Lipinski definition) is 2. The zero-order valence-electron chi connectivity index (χ0n) is 10.1. The minimum absolute atomic E-state index is 0.219. The lowest BCUT2D eigenvalue weighted by molar-refractivity contribution is 0.618. The Balaban J connectivity index is 2.07. The van der Waals surface area contributed by atoms with Crippen LogP contribution in [0.4, 0.5) is 5.69 Å². The smallest absolute Gasteiger partial charge is 0.106 e. The monoisotopic (exact) mass is 261 g/mol. The SMILES string of the molecule is CC(Cn1ccnc1)Nc1cnccc1C(N)=S. The third-order valence-corrected chi connectivity index (χ3v) is 2.75. The van der Waals surface area contributed by atoms with Crippen molar-refractivity contribution in [2.75, 3.05) is 5.32 Å². The van der Waals surface area contributed by atoms with Crippen molar-refractivity contribution in [3.63, 3.8) is 0 Å². The quantitative estimate of drug-likeness (QED) is 0.797. The molecule has 0 aliphatic carbocycles. The van der Waals surface area contributed by atoms with Crippen molar-refractivity contribution in [1.82, 2.24) is 14.5 Å². The van der Waals surface area contributed by atoms with Crippen LogP contribution in [0.25, 0.3) is 0 Å². The summed E-state index contributed by atoms with van der Waals surface area (Å²) in [6.07, 6.45) is 8.89. The Morgan fingerprint density at radius 2 is 2.33 bits per heavy atom. The number of rotatable bonds is 5. The molecule has 0 radical (unpaired) electrons. The number of nitrogens with two attached hydrogens (primary N) is 1. The highest BCUT2D eigenvalue weighted by atomic mass is 32.1. The molecular weight excluding hydrogens is 246 g/mol. The van der Waals surface area contributed by atoms with E-state index in [0.29, 0.717) is 4.99 Å². The molecule has 5 nitrogen and oxygen atoms in total. The number of pyridine rings is 1. The average Bonchev–Trinajstić information content (AvgIpc) is 2.82. The van der Waals surface area contributed by atoms with Gasteiger partial charge < -0.3 is 15.6 Å². The molecule has 0 amide bonds. The molecule has 1 unspecified atom stereocenters. The van der Waals surface area contributed by atoms with Crippen molar-refractivity contribution in [2.45, 2.75) is 19.5 Å².